The molecule has 0 aliphatic carbocycles. The molecule has 17 heavy (non-hydrogen) atoms. The third kappa shape index (κ3) is 3.78. The number of pyridine rings is 1. The standard InChI is InChI=1S/C12H20N2O2S/c1-9-7-14-11(10(2)12(9)16-3)8-17(15)6-4-5-13/h7H,4-6,8,13H2,1-3H3. The molecule has 1 aromatic heterocycles. The number of ether oxygens (including phenoxy) is 1. The molecule has 4 nitrogen and oxygen atoms in total. The molecule has 1 aromatic rings. The molecule has 0 aliphatic heterocycles. The Morgan fingerprint density at radius 1 is 1.47 bits per heavy atom. The summed E-state index contributed by atoms with van der Waals surface area (Å²) >= 11 is 0. The van der Waals surface area contributed by atoms with Crippen molar-refractivity contribution in [2.24, 2.45) is 5.73 Å². The van der Waals surface area contributed by atoms with Crippen molar-refractivity contribution in [1.82, 2.24) is 4.98 Å². The smallest absolute Gasteiger partial charge is 0.128 e. The van der Waals surface area contributed by atoms with Crippen molar-refractivity contribution < 1.29 is 8.95 Å². The molecule has 1 unspecified atom stereocenters. The van der Waals surface area contributed by atoms with Crippen LogP contribution >= 0.6 is 0 Å². The largest absolute Gasteiger partial charge is 0.496 e. The van der Waals surface area contributed by atoms with Crippen LogP contribution in [-0.2, 0) is 16.6 Å². The van der Waals surface area contributed by atoms with Gasteiger partial charge in [-0.2, -0.15) is 0 Å². The molecule has 0 bridgehead atoms. The zero-order valence-electron chi connectivity index (χ0n) is 10.7. The molecule has 96 valence electrons. The van der Waals surface area contributed by atoms with Crippen LogP contribution in [0, 0.1) is 13.8 Å². The minimum atomic E-state index is -0.896. The van der Waals surface area contributed by atoms with Crippen LogP contribution in [0.25, 0.3) is 0 Å². The second kappa shape index (κ2) is 6.71. The van der Waals surface area contributed by atoms with Gasteiger partial charge in [0.25, 0.3) is 0 Å². The number of hydrogen-bond acceptors (Lipinski definition) is 4. The normalized spacial score (nSPS) is 12.5. The number of nitrogens with zero attached hydrogens (tertiary/aromatic N) is 1. The summed E-state index contributed by atoms with van der Waals surface area (Å²) in [7, 11) is 0.747. The molecule has 0 aliphatic rings. The van der Waals surface area contributed by atoms with Crippen LogP contribution in [0.15, 0.2) is 6.20 Å². The van der Waals surface area contributed by atoms with E-state index in [1.165, 1.54) is 0 Å². The molecule has 0 saturated heterocycles. The highest BCUT2D eigenvalue weighted by molar-refractivity contribution is 7.84. The number of aromatic nitrogens is 1. The van der Waals surface area contributed by atoms with Gasteiger partial charge in [-0.1, -0.05) is 0 Å². The first kappa shape index (κ1) is 14.1. The zero-order chi connectivity index (χ0) is 12.8. The monoisotopic (exact) mass is 256 g/mol. The van der Waals surface area contributed by atoms with Gasteiger partial charge in [0.2, 0.25) is 0 Å². The Balaban J connectivity index is 2.81. The maximum atomic E-state index is 11.8. The van der Waals surface area contributed by atoms with E-state index in [1.54, 1.807) is 13.3 Å². The second-order valence-electron chi connectivity index (χ2n) is 3.98. The maximum Gasteiger partial charge on any atom is 0.128 e. The van der Waals surface area contributed by atoms with Crippen molar-refractivity contribution in [1.29, 1.82) is 0 Å². The topological polar surface area (TPSA) is 65.2 Å². The molecule has 0 spiro atoms. The van der Waals surface area contributed by atoms with E-state index in [2.05, 4.69) is 4.98 Å². The van der Waals surface area contributed by atoms with E-state index in [0.717, 1.165) is 29.0 Å². The molecule has 5 heteroatoms. The molecule has 0 saturated carbocycles. The van der Waals surface area contributed by atoms with Crippen molar-refractivity contribution in [3.05, 3.63) is 23.0 Å². The van der Waals surface area contributed by atoms with E-state index in [1.807, 2.05) is 13.8 Å². The Kier molecular flexibility index (Phi) is 5.58. The summed E-state index contributed by atoms with van der Waals surface area (Å²) in [5.74, 6) is 1.95. The minimum absolute atomic E-state index is 0.475. The van der Waals surface area contributed by atoms with Gasteiger partial charge in [-0.3, -0.25) is 9.19 Å². The van der Waals surface area contributed by atoms with Gasteiger partial charge in [0.05, 0.1) is 18.6 Å². The Labute approximate surface area is 105 Å². The molecule has 1 heterocycles. The van der Waals surface area contributed by atoms with Crippen LogP contribution in [0.1, 0.15) is 23.2 Å². The van der Waals surface area contributed by atoms with Gasteiger partial charge in [-0.05, 0) is 26.8 Å². The van der Waals surface area contributed by atoms with Crippen molar-refractivity contribution >= 4 is 10.8 Å². The van der Waals surface area contributed by atoms with E-state index in [4.69, 9.17) is 10.5 Å². The van der Waals surface area contributed by atoms with Crippen LogP contribution in [-0.4, -0.2) is 28.6 Å². The number of rotatable bonds is 6. The summed E-state index contributed by atoms with van der Waals surface area (Å²) < 4.78 is 17.1. The SMILES string of the molecule is COc1c(C)cnc(CS(=O)CCCN)c1C. The molecule has 1 atom stereocenters. The number of aryl methyl sites for hydroxylation is 1. The predicted octanol–water partition coefficient (Wildman–Crippen LogP) is 1.30. The summed E-state index contributed by atoms with van der Waals surface area (Å²) in [6, 6.07) is 0. The van der Waals surface area contributed by atoms with Gasteiger partial charge < -0.3 is 10.5 Å². The molecule has 0 radical (unpaired) electrons. The summed E-state index contributed by atoms with van der Waals surface area (Å²) in [6.45, 7) is 4.48. The van der Waals surface area contributed by atoms with Gasteiger partial charge >= 0.3 is 0 Å². The first-order valence-electron chi connectivity index (χ1n) is 5.64. The van der Waals surface area contributed by atoms with Gasteiger partial charge in [0.1, 0.15) is 5.75 Å². The fraction of sp³-hybridized carbons (Fsp3) is 0.583. The molecule has 0 fully saturated rings. The number of nitrogens with two attached hydrogens (primary N) is 1. The first-order chi connectivity index (χ1) is 8.10. The van der Waals surface area contributed by atoms with E-state index >= 15 is 0 Å². The highest BCUT2D eigenvalue weighted by Gasteiger charge is 2.11. The van der Waals surface area contributed by atoms with Gasteiger partial charge in [-0.15, -0.1) is 0 Å². The summed E-state index contributed by atoms with van der Waals surface area (Å²) in [4.78, 5) is 4.33. The average molecular weight is 256 g/mol. The Morgan fingerprint density at radius 3 is 2.76 bits per heavy atom. The quantitative estimate of drug-likeness (QED) is 0.833. The Morgan fingerprint density at radius 2 is 2.18 bits per heavy atom. The average Bonchev–Trinajstić information content (AvgIpc) is 2.31. The lowest BCUT2D eigenvalue weighted by Crippen LogP contribution is -2.09. The summed E-state index contributed by atoms with van der Waals surface area (Å²) in [5.41, 5.74) is 8.23. The predicted molar refractivity (Wildman–Crippen MR) is 70.6 cm³/mol. The van der Waals surface area contributed by atoms with Gasteiger partial charge in [0.15, 0.2) is 0 Å². The lowest BCUT2D eigenvalue weighted by Gasteiger charge is -2.11. The van der Waals surface area contributed by atoms with Crippen molar-refractivity contribution in [3.63, 3.8) is 0 Å². The molecular weight excluding hydrogens is 236 g/mol. The van der Waals surface area contributed by atoms with Crippen molar-refractivity contribution in [3.8, 4) is 5.75 Å². The Hall–Kier alpha value is -0.940. The maximum absolute atomic E-state index is 11.8. The van der Waals surface area contributed by atoms with Gasteiger partial charge in [-0.25, -0.2) is 0 Å². The Bertz CT molecular complexity index is 408. The van der Waals surface area contributed by atoms with Crippen molar-refractivity contribution in [2.45, 2.75) is 26.0 Å². The van der Waals surface area contributed by atoms with Crippen LogP contribution in [0.2, 0.25) is 0 Å². The summed E-state index contributed by atoms with van der Waals surface area (Å²) in [5, 5.41) is 0. The van der Waals surface area contributed by atoms with E-state index in [0.29, 0.717) is 18.1 Å². The highest BCUT2D eigenvalue weighted by Crippen LogP contribution is 2.24. The van der Waals surface area contributed by atoms with E-state index in [-0.39, 0.29) is 0 Å². The molecular formula is C12H20N2O2S. The molecule has 0 aromatic carbocycles. The van der Waals surface area contributed by atoms with Crippen LogP contribution in [0.4, 0.5) is 0 Å². The lowest BCUT2D eigenvalue weighted by molar-refractivity contribution is 0.407. The van der Waals surface area contributed by atoms with Crippen LogP contribution in [0.5, 0.6) is 5.75 Å². The zero-order valence-corrected chi connectivity index (χ0v) is 11.5. The van der Waals surface area contributed by atoms with Crippen molar-refractivity contribution in [2.75, 3.05) is 19.4 Å². The summed E-state index contributed by atoms with van der Waals surface area (Å²) in [6.07, 6.45) is 2.55. The third-order valence-electron chi connectivity index (χ3n) is 2.62. The highest BCUT2D eigenvalue weighted by atomic mass is 32.2. The lowest BCUT2D eigenvalue weighted by atomic mass is 10.1. The van der Waals surface area contributed by atoms with Crippen LogP contribution < -0.4 is 10.5 Å². The third-order valence-corrected chi connectivity index (χ3v) is 3.96. The molecule has 1 rings (SSSR count). The second-order valence-corrected chi connectivity index (χ2v) is 5.55. The minimum Gasteiger partial charge on any atom is -0.496 e. The number of hydrogen-bond donors (Lipinski definition) is 1. The fourth-order valence-electron chi connectivity index (χ4n) is 1.69. The van der Waals surface area contributed by atoms with Crippen LogP contribution in [0.3, 0.4) is 0 Å². The molecule has 2 N–H and O–H groups in total. The molecule has 0 amide bonds. The van der Waals surface area contributed by atoms with Gasteiger partial charge in [0, 0.05) is 33.9 Å². The van der Waals surface area contributed by atoms with E-state index < -0.39 is 10.8 Å². The first-order valence-corrected chi connectivity index (χ1v) is 7.13. The van der Waals surface area contributed by atoms with E-state index in [9.17, 15) is 4.21 Å². The fourth-order valence-corrected chi connectivity index (χ4v) is 2.91. The number of methoxy groups -OCH3 is 1.